The van der Waals surface area contributed by atoms with Crippen LogP contribution in [0.1, 0.15) is 38.5 Å². The summed E-state index contributed by atoms with van der Waals surface area (Å²) >= 11 is 1.80. The number of nitrogens with zero attached hydrogens (tertiary/aromatic N) is 2. The van der Waals surface area contributed by atoms with E-state index in [1.54, 1.807) is 23.9 Å². The van der Waals surface area contributed by atoms with Gasteiger partial charge in [-0.3, -0.25) is 9.79 Å². The fraction of sp³-hybridized carbons (Fsp3) is 0.636. The maximum Gasteiger partial charge on any atom is 0.226 e. The fourth-order valence-electron chi connectivity index (χ4n) is 6.06. The van der Waals surface area contributed by atoms with Crippen molar-refractivity contribution in [2.45, 2.75) is 50.6 Å². The maximum absolute atomic E-state index is 13.0. The van der Waals surface area contributed by atoms with Crippen LogP contribution in [0, 0.1) is 29.5 Å². The number of amides is 1. The van der Waals surface area contributed by atoms with Gasteiger partial charge >= 0.3 is 0 Å². The first-order valence-electron chi connectivity index (χ1n) is 10.5. The van der Waals surface area contributed by atoms with Crippen molar-refractivity contribution >= 4 is 28.5 Å². The molecule has 4 aliphatic carbocycles. The number of nitrogens with one attached hydrogen (secondary N) is 1. The van der Waals surface area contributed by atoms with Gasteiger partial charge in [0.05, 0.1) is 6.04 Å². The van der Waals surface area contributed by atoms with E-state index < -0.39 is 0 Å². The van der Waals surface area contributed by atoms with Gasteiger partial charge in [-0.15, -0.1) is 0 Å². The topological polar surface area (TPSA) is 44.7 Å². The molecule has 6 heteroatoms. The SMILES string of the molecule is CN1C(=NC2C3CC4CC(C3)CC2C4)SCC1CC(=O)Nc1ccc(F)cc1. The summed E-state index contributed by atoms with van der Waals surface area (Å²) in [5.74, 6) is 4.10. The first kappa shape index (κ1) is 18.5. The first-order chi connectivity index (χ1) is 13.5. The monoisotopic (exact) mass is 401 g/mol. The molecule has 4 saturated carbocycles. The summed E-state index contributed by atoms with van der Waals surface area (Å²) in [4.78, 5) is 19.9. The Labute approximate surface area is 170 Å². The van der Waals surface area contributed by atoms with Crippen molar-refractivity contribution in [3.63, 3.8) is 0 Å². The zero-order chi connectivity index (χ0) is 19.3. The van der Waals surface area contributed by atoms with Crippen molar-refractivity contribution in [3.8, 4) is 0 Å². The van der Waals surface area contributed by atoms with Gasteiger partial charge in [-0.05, 0) is 80.0 Å². The van der Waals surface area contributed by atoms with E-state index >= 15 is 0 Å². The Balaban J connectivity index is 1.20. The van der Waals surface area contributed by atoms with Crippen LogP contribution in [0.25, 0.3) is 0 Å². The summed E-state index contributed by atoms with van der Waals surface area (Å²) in [5.41, 5.74) is 0.641. The van der Waals surface area contributed by atoms with Crippen LogP contribution in [-0.4, -0.2) is 40.9 Å². The van der Waals surface area contributed by atoms with Gasteiger partial charge in [0.1, 0.15) is 5.82 Å². The van der Waals surface area contributed by atoms with Crippen LogP contribution < -0.4 is 5.32 Å². The van der Waals surface area contributed by atoms with Crippen molar-refractivity contribution < 1.29 is 9.18 Å². The van der Waals surface area contributed by atoms with Crippen LogP contribution in [0.2, 0.25) is 0 Å². The quantitative estimate of drug-likeness (QED) is 0.814. The van der Waals surface area contributed by atoms with Gasteiger partial charge in [-0.25, -0.2) is 4.39 Å². The van der Waals surface area contributed by atoms with Gasteiger partial charge in [0.15, 0.2) is 5.17 Å². The predicted octanol–water partition coefficient (Wildman–Crippen LogP) is 4.38. The van der Waals surface area contributed by atoms with Crippen molar-refractivity contribution in [1.82, 2.24) is 4.90 Å². The van der Waals surface area contributed by atoms with E-state index in [4.69, 9.17) is 4.99 Å². The highest BCUT2D eigenvalue weighted by Gasteiger charge is 2.48. The van der Waals surface area contributed by atoms with E-state index in [2.05, 4.69) is 17.3 Å². The van der Waals surface area contributed by atoms with E-state index in [0.717, 1.165) is 34.6 Å². The largest absolute Gasteiger partial charge is 0.350 e. The molecule has 0 spiro atoms. The molecule has 1 aromatic carbocycles. The zero-order valence-electron chi connectivity index (χ0n) is 16.3. The lowest BCUT2D eigenvalue weighted by Gasteiger charge is -2.53. The molecule has 28 heavy (non-hydrogen) atoms. The van der Waals surface area contributed by atoms with Gasteiger partial charge in [-0.1, -0.05) is 11.8 Å². The van der Waals surface area contributed by atoms with E-state index in [1.165, 1.54) is 44.2 Å². The number of carbonyl (C=O) groups excluding carboxylic acids is 1. The smallest absolute Gasteiger partial charge is 0.226 e. The number of amidine groups is 1. The number of anilines is 1. The molecule has 1 unspecified atom stereocenters. The third kappa shape index (κ3) is 3.56. The van der Waals surface area contributed by atoms with Crippen LogP contribution in [0.4, 0.5) is 10.1 Å². The molecule has 4 nitrogen and oxygen atoms in total. The van der Waals surface area contributed by atoms with Crippen molar-refractivity contribution in [2.24, 2.45) is 28.7 Å². The van der Waals surface area contributed by atoms with E-state index in [9.17, 15) is 9.18 Å². The Morgan fingerprint density at radius 3 is 2.43 bits per heavy atom. The molecular weight excluding hydrogens is 373 g/mol. The maximum atomic E-state index is 13.0. The summed E-state index contributed by atoms with van der Waals surface area (Å²) in [5, 5.41) is 4.00. The lowest BCUT2D eigenvalue weighted by atomic mass is 9.54. The Morgan fingerprint density at radius 1 is 1.14 bits per heavy atom. The molecule has 1 atom stereocenters. The molecule has 1 aliphatic heterocycles. The molecule has 1 saturated heterocycles. The van der Waals surface area contributed by atoms with Crippen LogP contribution in [0.3, 0.4) is 0 Å². The molecule has 0 aromatic heterocycles. The van der Waals surface area contributed by atoms with Gasteiger partial charge in [0.25, 0.3) is 0 Å². The second-order valence-electron chi connectivity index (χ2n) is 9.17. The summed E-state index contributed by atoms with van der Waals surface area (Å²) in [6.45, 7) is 0. The second-order valence-corrected chi connectivity index (χ2v) is 10.2. The molecule has 0 radical (unpaired) electrons. The highest BCUT2D eigenvalue weighted by molar-refractivity contribution is 8.14. The molecule has 5 aliphatic rings. The number of thioether (sulfide) groups is 1. The minimum Gasteiger partial charge on any atom is -0.350 e. The molecular formula is C22H28FN3OS. The number of benzene rings is 1. The normalized spacial score (nSPS) is 37.6. The predicted molar refractivity (Wildman–Crippen MR) is 112 cm³/mol. The van der Waals surface area contributed by atoms with E-state index in [-0.39, 0.29) is 17.8 Å². The summed E-state index contributed by atoms with van der Waals surface area (Å²) in [6, 6.07) is 6.59. The third-order valence-corrected chi connectivity index (χ3v) is 8.44. The van der Waals surface area contributed by atoms with Crippen LogP contribution in [0.15, 0.2) is 29.3 Å². The molecule has 4 bridgehead atoms. The van der Waals surface area contributed by atoms with Gasteiger partial charge in [0, 0.05) is 31.0 Å². The van der Waals surface area contributed by atoms with Crippen molar-refractivity contribution in [1.29, 1.82) is 0 Å². The Morgan fingerprint density at radius 2 is 1.79 bits per heavy atom. The van der Waals surface area contributed by atoms with Gasteiger partial charge < -0.3 is 10.2 Å². The summed E-state index contributed by atoms with van der Waals surface area (Å²) in [7, 11) is 2.07. The average molecular weight is 402 g/mol. The number of hydrogen-bond donors (Lipinski definition) is 1. The van der Waals surface area contributed by atoms with Crippen LogP contribution >= 0.6 is 11.8 Å². The number of halogens is 1. The van der Waals surface area contributed by atoms with Crippen molar-refractivity contribution in [3.05, 3.63) is 30.1 Å². The summed E-state index contributed by atoms with van der Waals surface area (Å²) < 4.78 is 13.0. The molecule has 6 rings (SSSR count). The van der Waals surface area contributed by atoms with Crippen LogP contribution in [0.5, 0.6) is 0 Å². The van der Waals surface area contributed by atoms with Crippen LogP contribution in [-0.2, 0) is 4.79 Å². The number of rotatable bonds is 4. The van der Waals surface area contributed by atoms with Gasteiger partial charge in [-0.2, -0.15) is 0 Å². The Kier molecular flexibility index (Phi) is 4.85. The lowest BCUT2D eigenvalue weighted by Crippen LogP contribution is -2.48. The Hall–Kier alpha value is -1.56. The molecule has 1 N–H and O–H groups in total. The standard InChI is InChI=1S/C22H28FN3OS/c1-26-19(11-20(27)24-18-4-2-17(23)3-5-18)12-28-22(26)25-21-15-7-13-6-14(9-15)10-16(21)8-13/h2-5,13-16,19,21H,6-12H2,1H3,(H,24,27). The highest BCUT2D eigenvalue weighted by atomic mass is 32.2. The molecule has 1 heterocycles. The fourth-order valence-corrected chi connectivity index (χ4v) is 7.29. The average Bonchev–Trinajstić information content (AvgIpc) is 2.99. The number of hydrogen-bond acceptors (Lipinski definition) is 3. The lowest BCUT2D eigenvalue weighted by molar-refractivity contribution is -0.116. The van der Waals surface area contributed by atoms with E-state index in [0.29, 0.717) is 18.2 Å². The second kappa shape index (κ2) is 7.36. The minimum atomic E-state index is -0.296. The van der Waals surface area contributed by atoms with Crippen molar-refractivity contribution in [2.75, 3.05) is 18.1 Å². The third-order valence-electron chi connectivity index (χ3n) is 7.24. The Bertz CT molecular complexity index is 752. The molecule has 150 valence electrons. The molecule has 1 amide bonds. The highest BCUT2D eigenvalue weighted by Crippen LogP contribution is 2.55. The number of carbonyl (C=O) groups is 1. The van der Waals surface area contributed by atoms with E-state index in [1.807, 2.05) is 0 Å². The first-order valence-corrected chi connectivity index (χ1v) is 11.5. The number of aliphatic imine (C=N–C) groups is 1. The minimum absolute atomic E-state index is 0.0278. The molecule has 5 fully saturated rings. The van der Waals surface area contributed by atoms with Gasteiger partial charge in [0.2, 0.25) is 5.91 Å². The zero-order valence-corrected chi connectivity index (χ0v) is 17.1. The summed E-state index contributed by atoms with van der Waals surface area (Å²) in [6.07, 6.45) is 7.43. The molecule has 1 aromatic rings.